The van der Waals surface area contributed by atoms with Gasteiger partial charge >= 0.3 is 5.97 Å². The van der Waals surface area contributed by atoms with Crippen molar-refractivity contribution in [3.63, 3.8) is 0 Å². The van der Waals surface area contributed by atoms with Gasteiger partial charge < -0.3 is 14.2 Å². The van der Waals surface area contributed by atoms with Crippen LogP contribution in [0.2, 0.25) is 0 Å². The highest BCUT2D eigenvalue weighted by molar-refractivity contribution is 14.1. The van der Waals surface area contributed by atoms with E-state index in [9.17, 15) is 9.59 Å². The summed E-state index contributed by atoms with van der Waals surface area (Å²) in [6.07, 6.45) is 7.18. The van der Waals surface area contributed by atoms with Crippen molar-refractivity contribution in [3.05, 3.63) is 118 Å². The van der Waals surface area contributed by atoms with E-state index < -0.39 is 12.0 Å². The van der Waals surface area contributed by atoms with Crippen LogP contribution in [0, 0.1) is 15.9 Å². The van der Waals surface area contributed by atoms with Crippen LogP contribution in [-0.2, 0) is 9.53 Å². The maximum Gasteiger partial charge on any atom is 0.338 e. The van der Waals surface area contributed by atoms with Crippen LogP contribution in [0.25, 0.3) is 11.8 Å². The Kier molecular flexibility index (Phi) is 9.71. The van der Waals surface area contributed by atoms with E-state index in [1.54, 1.807) is 30.7 Å². The van der Waals surface area contributed by atoms with Crippen molar-refractivity contribution in [1.82, 2.24) is 4.57 Å². The second kappa shape index (κ2) is 13.7. The number of fused-ring (bicyclic) bond motifs is 1. The van der Waals surface area contributed by atoms with E-state index >= 15 is 0 Å². The van der Waals surface area contributed by atoms with Crippen LogP contribution >= 0.6 is 33.9 Å². The first-order chi connectivity index (χ1) is 21.3. The molecule has 44 heavy (non-hydrogen) atoms. The predicted octanol–water partition coefficient (Wildman–Crippen LogP) is 5.68. The number of esters is 1. The summed E-state index contributed by atoms with van der Waals surface area (Å²) < 4.78 is 19.7. The highest BCUT2D eigenvalue weighted by Gasteiger charge is 2.35. The molecule has 5 rings (SSSR count). The summed E-state index contributed by atoms with van der Waals surface area (Å²) in [6.45, 7) is 6.31. The van der Waals surface area contributed by atoms with Crippen molar-refractivity contribution in [2.24, 2.45) is 4.99 Å². The fraction of sp³-hybridized carbons (Fsp3) is 0.229. The van der Waals surface area contributed by atoms with Gasteiger partial charge in [-0.25, -0.2) is 9.79 Å². The minimum Gasteiger partial charge on any atom is -0.493 e. The van der Waals surface area contributed by atoms with E-state index in [0.29, 0.717) is 38.0 Å². The molecule has 0 saturated heterocycles. The van der Waals surface area contributed by atoms with E-state index in [0.717, 1.165) is 25.8 Å². The van der Waals surface area contributed by atoms with E-state index in [2.05, 4.69) is 42.4 Å². The minimum absolute atomic E-state index is 0.106. The molecule has 0 radical (unpaired) electrons. The van der Waals surface area contributed by atoms with Crippen LogP contribution in [0.5, 0.6) is 11.5 Å². The molecule has 0 N–H and O–H groups in total. The normalized spacial score (nSPS) is 14.6. The van der Waals surface area contributed by atoms with E-state index in [1.165, 1.54) is 11.3 Å². The quantitative estimate of drug-likeness (QED) is 0.127. The summed E-state index contributed by atoms with van der Waals surface area (Å²) in [7, 11) is 1.55. The van der Waals surface area contributed by atoms with Gasteiger partial charge in [-0.05, 0) is 70.3 Å². The first kappa shape index (κ1) is 31.3. The SMILES string of the molecule is C#CCOc1c(I)cc(/C=c2\sc3n(c2=O)[C@@H](c2ccc(C(C)C)cc2)C(C(=O)OCC)=C(c2ccccc2)N=3)cc1OC. The zero-order chi connectivity index (χ0) is 31.4. The summed E-state index contributed by atoms with van der Waals surface area (Å²) in [5, 5.41) is 0. The minimum atomic E-state index is -0.738. The Labute approximate surface area is 273 Å². The molecule has 0 saturated carbocycles. The number of benzene rings is 3. The van der Waals surface area contributed by atoms with Gasteiger partial charge in [-0.1, -0.05) is 85.7 Å². The van der Waals surface area contributed by atoms with Crippen molar-refractivity contribution in [1.29, 1.82) is 0 Å². The molecule has 0 amide bonds. The largest absolute Gasteiger partial charge is 0.493 e. The van der Waals surface area contributed by atoms with Gasteiger partial charge in [0.25, 0.3) is 5.56 Å². The monoisotopic (exact) mass is 718 g/mol. The first-order valence-electron chi connectivity index (χ1n) is 14.1. The van der Waals surface area contributed by atoms with Crippen LogP contribution in [0.3, 0.4) is 0 Å². The molecule has 1 aliphatic heterocycles. The standard InChI is InChI=1S/C35H31IN2O5S/c1-6-17-43-32-26(36)18-22(19-27(32)41-5)20-28-33(39)38-31(25-15-13-23(14-16-25)21(3)4)29(34(40)42-7-2)30(37-35(38)44-28)24-11-9-8-10-12-24/h1,8-16,18-21,31H,7,17H2,2-5H3/b28-20-/t31-/m0/s1. The number of rotatable bonds is 9. The van der Waals surface area contributed by atoms with Crippen LogP contribution in [0.1, 0.15) is 55.0 Å². The van der Waals surface area contributed by atoms with Gasteiger partial charge in [-0.3, -0.25) is 9.36 Å². The van der Waals surface area contributed by atoms with E-state index in [4.69, 9.17) is 25.6 Å². The van der Waals surface area contributed by atoms with Gasteiger partial charge in [-0.2, -0.15) is 0 Å². The van der Waals surface area contributed by atoms with Crippen molar-refractivity contribution in [2.75, 3.05) is 20.3 Å². The fourth-order valence-electron chi connectivity index (χ4n) is 5.05. The van der Waals surface area contributed by atoms with Crippen molar-refractivity contribution in [2.45, 2.75) is 32.7 Å². The lowest BCUT2D eigenvalue weighted by molar-refractivity contribution is -0.138. The van der Waals surface area contributed by atoms with Crippen molar-refractivity contribution < 1.29 is 19.0 Å². The number of nitrogens with zero attached hydrogens (tertiary/aromatic N) is 2. The van der Waals surface area contributed by atoms with Crippen LogP contribution in [0.4, 0.5) is 0 Å². The lowest BCUT2D eigenvalue weighted by Crippen LogP contribution is -2.40. The molecule has 3 aromatic carbocycles. The number of terminal acetylenes is 1. The first-order valence-corrected chi connectivity index (χ1v) is 16.0. The maximum atomic E-state index is 14.2. The zero-order valence-electron chi connectivity index (χ0n) is 24.8. The summed E-state index contributed by atoms with van der Waals surface area (Å²) in [6, 6.07) is 20.5. The second-order valence-corrected chi connectivity index (χ2v) is 12.5. The second-order valence-electron chi connectivity index (χ2n) is 10.3. The lowest BCUT2D eigenvalue weighted by Gasteiger charge is -2.26. The Morgan fingerprint density at radius 3 is 2.52 bits per heavy atom. The summed E-state index contributed by atoms with van der Waals surface area (Å²) >= 11 is 3.42. The van der Waals surface area contributed by atoms with Gasteiger partial charge in [0, 0.05) is 5.56 Å². The highest BCUT2D eigenvalue weighted by atomic mass is 127. The number of hydrogen-bond donors (Lipinski definition) is 0. The summed E-state index contributed by atoms with van der Waals surface area (Å²) in [5.41, 5.74) is 4.00. The van der Waals surface area contributed by atoms with Gasteiger partial charge in [0.05, 0.1) is 39.1 Å². The molecule has 2 heterocycles. The lowest BCUT2D eigenvalue weighted by atomic mass is 9.91. The Hall–Kier alpha value is -4.14. The Morgan fingerprint density at radius 1 is 1.16 bits per heavy atom. The molecular weight excluding hydrogens is 687 g/mol. The number of methoxy groups -OCH3 is 1. The maximum absolute atomic E-state index is 14.2. The molecule has 1 aliphatic rings. The molecule has 0 unspecified atom stereocenters. The number of aromatic nitrogens is 1. The molecular formula is C35H31IN2O5S. The van der Waals surface area contributed by atoms with Gasteiger partial charge in [0.2, 0.25) is 0 Å². The van der Waals surface area contributed by atoms with Crippen LogP contribution in [0.15, 0.2) is 82.1 Å². The van der Waals surface area contributed by atoms with E-state index in [-0.39, 0.29) is 18.8 Å². The van der Waals surface area contributed by atoms with Gasteiger partial charge in [-0.15, -0.1) is 6.42 Å². The van der Waals surface area contributed by atoms with Gasteiger partial charge in [0.1, 0.15) is 6.61 Å². The smallest absolute Gasteiger partial charge is 0.338 e. The van der Waals surface area contributed by atoms with Crippen molar-refractivity contribution in [3.8, 4) is 23.8 Å². The Morgan fingerprint density at radius 2 is 1.89 bits per heavy atom. The molecule has 0 aliphatic carbocycles. The predicted molar refractivity (Wildman–Crippen MR) is 182 cm³/mol. The molecule has 224 valence electrons. The average molecular weight is 719 g/mol. The third-order valence-electron chi connectivity index (χ3n) is 7.14. The molecule has 9 heteroatoms. The van der Waals surface area contributed by atoms with E-state index in [1.807, 2.05) is 60.7 Å². The van der Waals surface area contributed by atoms with Gasteiger partial charge in [0.15, 0.2) is 16.3 Å². The van der Waals surface area contributed by atoms with Crippen molar-refractivity contribution >= 4 is 51.7 Å². The Bertz CT molecular complexity index is 1950. The average Bonchev–Trinajstić information content (AvgIpc) is 3.34. The molecule has 7 nitrogen and oxygen atoms in total. The Balaban J connectivity index is 1.77. The number of halogens is 1. The fourth-order valence-corrected chi connectivity index (χ4v) is 6.83. The summed E-state index contributed by atoms with van der Waals surface area (Å²) in [5.74, 6) is 3.33. The van der Waals surface area contributed by atoms with Crippen LogP contribution < -0.4 is 24.4 Å². The number of carbonyl (C=O) groups excluding carboxylic acids is 1. The number of ether oxygens (including phenoxy) is 3. The third kappa shape index (κ3) is 6.23. The molecule has 0 fully saturated rings. The topological polar surface area (TPSA) is 79.1 Å². The molecule has 0 spiro atoms. The summed E-state index contributed by atoms with van der Waals surface area (Å²) in [4.78, 5) is 33.3. The number of thiazole rings is 1. The number of carbonyl (C=O) groups is 1. The third-order valence-corrected chi connectivity index (χ3v) is 8.93. The molecule has 1 aromatic heterocycles. The number of hydrogen-bond acceptors (Lipinski definition) is 7. The molecule has 4 aromatic rings. The molecule has 0 bridgehead atoms. The van der Waals surface area contributed by atoms with Crippen LogP contribution in [-0.4, -0.2) is 30.9 Å². The zero-order valence-corrected chi connectivity index (χ0v) is 27.8. The molecule has 1 atom stereocenters. The highest BCUT2D eigenvalue weighted by Crippen LogP contribution is 2.36.